The molecule has 7 nitrogen and oxygen atoms in total. The second-order valence-electron chi connectivity index (χ2n) is 5.22. The first kappa shape index (κ1) is 17.6. The van der Waals surface area contributed by atoms with Crippen molar-refractivity contribution in [3.63, 3.8) is 0 Å². The molecule has 0 aliphatic carbocycles. The van der Waals surface area contributed by atoms with E-state index in [1.807, 2.05) is 35.7 Å². The number of ether oxygens (including phenoxy) is 1. The second kappa shape index (κ2) is 8.21. The van der Waals surface area contributed by atoms with Crippen LogP contribution in [0.5, 0.6) is 0 Å². The monoisotopic (exact) mass is 369 g/mol. The maximum absolute atomic E-state index is 12.3. The van der Waals surface area contributed by atoms with E-state index in [0.29, 0.717) is 5.82 Å². The van der Waals surface area contributed by atoms with Gasteiger partial charge in [-0.05, 0) is 23.1 Å². The maximum atomic E-state index is 12.3. The molecule has 2 aromatic heterocycles. The van der Waals surface area contributed by atoms with Crippen LogP contribution < -0.4 is 5.32 Å². The highest BCUT2D eigenvalue weighted by atomic mass is 32.1. The molecule has 0 radical (unpaired) electrons. The molecule has 132 valence electrons. The standard InChI is InChI=1S/C18H15N3O4S/c1-12(22)19-14(10-13-6-3-2-4-7-13)18(23)24-11-16-20-17(21-25-16)15-8-5-9-26-15/h2-10H,11H2,1H3,(H,19,22)/b14-10-. The van der Waals surface area contributed by atoms with Crippen LogP contribution in [0.3, 0.4) is 0 Å². The number of aromatic nitrogens is 2. The van der Waals surface area contributed by atoms with E-state index in [2.05, 4.69) is 15.5 Å². The minimum Gasteiger partial charge on any atom is -0.451 e. The Hall–Kier alpha value is -3.26. The molecule has 0 fully saturated rings. The van der Waals surface area contributed by atoms with Crippen LogP contribution in [0.25, 0.3) is 16.8 Å². The predicted molar refractivity (Wildman–Crippen MR) is 95.6 cm³/mol. The number of hydrogen-bond acceptors (Lipinski definition) is 7. The Kier molecular flexibility index (Phi) is 5.55. The van der Waals surface area contributed by atoms with Crippen molar-refractivity contribution < 1.29 is 18.8 Å². The van der Waals surface area contributed by atoms with Crippen LogP contribution in [-0.4, -0.2) is 22.0 Å². The van der Waals surface area contributed by atoms with Crippen molar-refractivity contribution in [2.75, 3.05) is 0 Å². The molecule has 0 atom stereocenters. The summed E-state index contributed by atoms with van der Waals surface area (Å²) < 4.78 is 10.3. The van der Waals surface area contributed by atoms with Gasteiger partial charge in [0.25, 0.3) is 5.89 Å². The topological polar surface area (TPSA) is 94.3 Å². The van der Waals surface area contributed by atoms with Crippen molar-refractivity contribution >= 4 is 29.3 Å². The number of benzene rings is 1. The van der Waals surface area contributed by atoms with Gasteiger partial charge >= 0.3 is 5.97 Å². The van der Waals surface area contributed by atoms with E-state index in [1.54, 1.807) is 12.1 Å². The molecule has 1 N–H and O–H groups in total. The molecule has 0 aliphatic heterocycles. The number of rotatable bonds is 6. The average molecular weight is 369 g/mol. The third kappa shape index (κ3) is 4.64. The number of hydrogen-bond donors (Lipinski definition) is 1. The summed E-state index contributed by atoms with van der Waals surface area (Å²) in [7, 11) is 0. The molecule has 3 rings (SSSR count). The third-order valence-electron chi connectivity index (χ3n) is 3.18. The van der Waals surface area contributed by atoms with E-state index in [4.69, 9.17) is 9.26 Å². The third-order valence-corrected chi connectivity index (χ3v) is 4.04. The lowest BCUT2D eigenvalue weighted by Gasteiger charge is -2.07. The molecular formula is C18H15N3O4S. The number of thiophene rings is 1. The van der Waals surface area contributed by atoms with Crippen molar-refractivity contribution in [1.82, 2.24) is 15.5 Å². The fourth-order valence-corrected chi connectivity index (χ4v) is 2.73. The minimum absolute atomic E-state index is 0.0293. The summed E-state index contributed by atoms with van der Waals surface area (Å²) in [6.07, 6.45) is 1.54. The highest BCUT2D eigenvalue weighted by molar-refractivity contribution is 7.13. The van der Waals surface area contributed by atoms with E-state index in [0.717, 1.165) is 10.4 Å². The van der Waals surface area contributed by atoms with Crippen LogP contribution in [-0.2, 0) is 20.9 Å². The maximum Gasteiger partial charge on any atom is 0.355 e. The van der Waals surface area contributed by atoms with Crippen LogP contribution in [0.4, 0.5) is 0 Å². The van der Waals surface area contributed by atoms with Crippen LogP contribution >= 0.6 is 11.3 Å². The van der Waals surface area contributed by atoms with Crippen molar-refractivity contribution in [1.29, 1.82) is 0 Å². The van der Waals surface area contributed by atoms with Crippen LogP contribution in [0.2, 0.25) is 0 Å². The van der Waals surface area contributed by atoms with Gasteiger partial charge in [0.1, 0.15) is 5.70 Å². The number of nitrogens with one attached hydrogen (secondary N) is 1. The second-order valence-corrected chi connectivity index (χ2v) is 6.16. The zero-order chi connectivity index (χ0) is 18.4. The highest BCUT2D eigenvalue weighted by Crippen LogP contribution is 2.21. The lowest BCUT2D eigenvalue weighted by molar-refractivity contribution is -0.142. The van der Waals surface area contributed by atoms with Crippen LogP contribution in [0, 0.1) is 0 Å². The summed E-state index contributed by atoms with van der Waals surface area (Å²) in [5.41, 5.74) is 0.785. The SMILES string of the molecule is CC(=O)N/C(=C\c1ccccc1)C(=O)OCc1nc(-c2cccs2)no1. The molecule has 0 bridgehead atoms. The van der Waals surface area contributed by atoms with Gasteiger partial charge in [-0.3, -0.25) is 4.79 Å². The van der Waals surface area contributed by atoms with E-state index in [1.165, 1.54) is 24.3 Å². The summed E-state index contributed by atoms with van der Waals surface area (Å²) >= 11 is 1.48. The summed E-state index contributed by atoms with van der Waals surface area (Å²) in [4.78, 5) is 28.7. The van der Waals surface area contributed by atoms with Gasteiger partial charge in [-0.1, -0.05) is 41.6 Å². The summed E-state index contributed by atoms with van der Waals surface area (Å²) in [5.74, 6) is -0.460. The Labute approximate surface area is 153 Å². The smallest absolute Gasteiger partial charge is 0.355 e. The van der Waals surface area contributed by atoms with E-state index >= 15 is 0 Å². The zero-order valence-corrected chi connectivity index (χ0v) is 14.7. The van der Waals surface area contributed by atoms with E-state index in [9.17, 15) is 9.59 Å². The van der Waals surface area contributed by atoms with Crippen molar-refractivity contribution in [2.45, 2.75) is 13.5 Å². The highest BCUT2D eigenvalue weighted by Gasteiger charge is 2.16. The van der Waals surface area contributed by atoms with E-state index in [-0.39, 0.29) is 24.1 Å². The molecule has 26 heavy (non-hydrogen) atoms. The van der Waals surface area contributed by atoms with E-state index < -0.39 is 5.97 Å². The molecule has 3 aromatic rings. The van der Waals surface area contributed by atoms with Crippen LogP contribution in [0.1, 0.15) is 18.4 Å². The number of amides is 1. The normalized spacial score (nSPS) is 11.2. The van der Waals surface area contributed by atoms with Crippen molar-refractivity contribution in [3.05, 3.63) is 65.0 Å². The van der Waals surface area contributed by atoms with Crippen LogP contribution in [0.15, 0.2) is 58.1 Å². The lowest BCUT2D eigenvalue weighted by atomic mass is 10.2. The van der Waals surface area contributed by atoms with Gasteiger partial charge in [-0.25, -0.2) is 4.79 Å². The van der Waals surface area contributed by atoms with Gasteiger partial charge in [0.15, 0.2) is 6.61 Å². The molecule has 0 saturated carbocycles. The Morgan fingerprint density at radius 2 is 2.04 bits per heavy atom. The Bertz CT molecular complexity index is 917. The first-order chi connectivity index (χ1) is 12.6. The fourth-order valence-electron chi connectivity index (χ4n) is 2.08. The first-order valence-corrected chi connectivity index (χ1v) is 8.57. The molecule has 8 heteroatoms. The summed E-state index contributed by atoms with van der Waals surface area (Å²) in [5, 5.41) is 8.22. The summed E-state index contributed by atoms with van der Waals surface area (Å²) in [6, 6.07) is 12.9. The zero-order valence-electron chi connectivity index (χ0n) is 13.8. The van der Waals surface area contributed by atoms with Gasteiger partial charge in [0.05, 0.1) is 4.88 Å². The molecular weight excluding hydrogens is 354 g/mol. The van der Waals surface area contributed by atoms with Gasteiger partial charge < -0.3 is 14.6 Å². The largest absolute Gasteiger partial charge is 0.451 e. The molecule has 0 spiro atoms. The fraction of sp³-hybridized carbons (Fsp3) is 0.111. The number of esters is 1. The summed E-state index contributed by atoms with van der Waals surface area (Å²) in [6.45, 7) is 1.13. The molecule has 0 unspecified atom stereocenters. The number of carbonyl (C=O) groups is 2. The first-order valence-electron chi connectivity index (χ1n) is 7.70. The molecule has 1 aromatic carbocycles. The Balaban J connectivity index is 1.68. The molecule has 2 heterocycles. The molecule has 0 aliphatic rings. The van der Waals surface area contributed by atoms with Crippen molar-refractivity contribution in [2.24, 2.45) is 0 Å². The Morgan fingerprint density at radius 1 is 1.23 bits per heavy atom. The van der Waals surface area contributed by atoms with Gasteiger partial charge in [-0.15, -0.1) is 11.3 Å². The molecule has 1 amide bonds. The van der Waals surface area contributed by atoms with Gasteiger partial charge in [0.2, 0.25) is 11.7 Å². The van der Waals surface area contributed by atoms with Gasteiger partial charge in [0, 0.05) is 6.92 Å². The quantitative estimate of drug-likeness (QED) is 0.530. The van der Waals surface area contributed by atoms with Crippen molar-refractivity contribution in [3.8, 4) is 10.7 Å². The van der Waals surface area contributed by atoms with Gasteiger partial charge in [-0.2, -0.15) is 4.98 Å². The Morgan fingerprint density at radius 3 is 2.73 bits per heavy atom. The lowest BCUT2D eigenvalue weighted by Crippen LogP contribution is -2.26. The number of carbonyl (C=O) groups excluding carboxylic acids is 2. The minimum atomic E-state index is -0.695. The predicted octanol–water partition coefficient (Wildman–Crippen LogP) is 3.02. The number of nitrogens with zero attached hydrogens (tertiary/aromatic N) is 2. The molecule has 0 saturated heterocycles. The average Bonchev–Trinajstić information content (AvgIpc) is 3.31.